The molecule has 4 aromatic rings. The molecule has 40 heavy (non-hydrogen) atoms. The van der Waals surface area contributed by atoms with Crippen LogP contribution in [0.25, 0.3) is 11.5 Å². The number of para-hydroxylation sites is 1. The van der Waals surface area contributed by atoms with Crippen molar-refractivity contribution < 1.29 is 28.6 Å². The van der Waals surface area contributed by atoms with Crippen LogP contribution in [-0.4, -0.2) is 46.7 Å². The van der Waals surface area contributed by atoms with E-state index in [0.29, 0.717) is 49.9 Å². The molecule has 1 fully saturated rings. The summed E-state index contributed by atoms with van der Waals surface area (Å²) in [7, 11) is 0. The number of likely N-dealkylation sites (tertiary alicyclic amines) is 1. The molecule has 2 heterocycles. The number of carboxylic acids is 1. The van der Waals surface area contributed by atoms with Crippen LogP contribution in [0.2, 0.25) is 0 Å². The predicted octanol–water partition coefficient (Wildman–Crippen LogP) is 6.35. The Balaban J connectivity index is 1.25. The van der Waals surface area contributed by atoms with Crippen LogP contribution in [0.5, 0.6) is 11.5 Å². The molecule has 1 amide bonds. The van der Waals surface area contributed by atoms with Gasteiger partial charge in [0, 0.05) is 37.4 Å². The van der Waals surface area contributed by atoms with Gasteiger partial charge in [0.15, 0.2) is 0 Å². The van der Waals surface area contributed by atoms with Gasteiger partial charge in [0.1, 0.15) is 17.3 Å². The van der Waals surface area contributed by atoms with Crippen molar-refractivity contribution in [2.24, 2.45) is 5.92 Å². The maximum absolute atomic E-state index is 12.9. The van der Waals surface area contributed by atoms with E-state index in [4.69, 9.17) is 13.9 Å². The van der Waals surface area contributed by atoms with E-state index in [2.05, 4.69) is 4.98 Å². The maximum atomic E-state index is 12.9. The highest BCUT2D eigenvalue weighted by Crippen LogP contribution is 2.36. The van der Waals surface area contributed by atoms with Crippen LogP contribution >= 0.6 is 0 Å². The van der Waals surface area contributed by atoms with E-state index in [-0.39, 0.29) is 18.3 Å². The van der Waals surface area contributed by atoms with Gasteiger partial charge < -0.3 is 23.9 Å². The monoisotopic (exact) mass is 540 g/mol. The Hall–Kier alpha value is -4.59. The summed E-state index contributed by atoms with van der Waals surface area (Å²) >= 11 is 0. The molecule has 1 saturated heterocycles. The number of carbonyl (C=O) groups is 2. The molecule has 0 saturated carbocycles. The van der Waals surface area contributed by atoms with E-state index < -0.39 is 12.1 Å². The predicted molar refractivity (Wildman–Crippen MR) is 149 cm³/mol. The molecule has 1 aromatic heterocycles. The van der Waals surface area contributed by atoms with E-state index in [0.717, 1.165) is 22.6 Å². The Morgan fingerprint density at radius 2 is 1.73 bits per heavy atom. The molecule has 1 N–H and O–H groups in total. The molecule has 8 nitrogen and oxygen atoms in total. The highest BCUT2D eigenvalue weighted by Gasteiger charge is 2.34. The van der Waals surface area contributed by atoms with Gasteiger partial charge in [-0.1, -0.05) is 48.5 Å². The number of carboxylic acid groups (broad SMARTS) is 1. The van der Waals surface area contributed by atoms with Gasteiger partial charge in [0.2, 0.25) is 5.89 Å². The Morgan fingerprint density at radius 1 is 1.00 bits per heavy atom. The summed E-state index contributed by atoms with van der Waals surface area (Å²) in [5.74, 6) is 1.39. The summed E-state index contributed by atoms with van der Waals surface area (Å²) in [6.45, 7) is 3.12. The molecule has 0 bridgehead atoms. The van der Waals surface area contributed by atoms with E-state index in [1.54, 1.807) is 17.0 Å². The number of nitrogens with zero attached hydrogens (tertiary/aromatic N) is 2. The minimum atomic E-state index is -0.847. The van der Waals surface area contributed by atoms with Crippen molar-refractivity contribution in [3.05, 3.63) is 102 Å². The Bertz CT molecular complexity index is 1440. The zero-order valence-electron chi connectivity index (χ0n) is 22.4. The quantitative estimate of drug-likeness (QED) is 0.264. The lowest BCUT2D eigenvalue weighted by atomic mass is 9.79. The zero-order chi connectivity index (χ0) is 27.9. The van der Waals surface area contributed by atoms with Gasteiger partial charge >= 0.3 is 12.1 Å². The summed E-state index contributed by atoms with van der Waals surface area (Å²) in [5.41, 5.74) is 2.71. The van der Waals surface area contributed by atoms with Crippen LogP contribution in [0.15, 0.2) is 89.3 Å². The SMILES string of the molecule is Cc1oc(-c2ccccc2)nc1CCOc1cccc(C2CN(C(=O)Oc3ccccc3)CC[C@@H]2CC(=O)O)c1. The number of carbonyl (C=O) groups excluding carboxylic acids is 1. The fourth-order valence-electron chi connectivity index (χ4n) is 5.13. The molecule has 206 valence electrons. The fourth-order valence-corrected chi connectivity index (χ4v) is 5.13. The number of benzene rings is 3. The van der Waals surface area contributed by atoms with Crippen LogP contribution in [-0.2, 0) is 11.2 Å². The molecule has 0 aliphatic carbocycles. The van der Waals surface area contributed by atoms with Crippen molar-refractivity contribution in [1.29, 1.82) is 0 Å². The normalized spacial score (nSPS) is 16.9. The lowest BCUT2D eigenvalue weighted by molar-refractivity contribution is -0.138. The molecule has 0 radical (unpaired) electrons. The standard InChI is InChI=1S/C32H32N2O6/c1-22-29(33-31(39-22)23-9-4-2-5-10-23)16-18-38-27-14-8-11-24(19-27)28-21-34(17-15-25(28)20-30(35)36)32(37)40-26-12-6-3-7-13-26/h2-14,19,25,28H,15-18,20-21H2,1H3,(H,35,36)/t25-,28?/m1/s1. The summed E-state index contributed by atoms with van der Waals surface area (Å²) in [4.78, 5) is 30.8. The summed E-state index contributed by atoms with van der Waals surface area (Å²) in [6, 6.07) is 26.4. The fraction of sp³-hybridized carbons (Fsp3) is 0.281. The van der Waals surface area contributed by atoms with Crippen LogP contribution in [0.4, 0.5) is 4.79 Å². The number of aliphatic carboxylic acids is 1. The number of hydrogen-bond acceptors (Lipinski definition) is 6. The Morgan fingerprint density at radius 3 is 2.48 bits per heavy atom. The number of piperidine rings is 1. The third-order valence-corrected chi connectivity index (χ3v) is 7.21. The van der Waals surface area contributed by atoms with Crippen molar-refractivity contribution in [3.63, 3.8) is 0 Å². The summed E-state index contributed by atoms with van der Waals surface area (Å²) in [5, 5.41) is 9.53. The smallest absolute Gasteiger partial charge is 0.415 e. The average Bonchev–Trinajstić information content (AvgIpc) is 3.34. The second-order valence-corrected chi connectivity index (χ2v) is 9.94. The number of rotatable bonds is 9. The van der Waals surface area contributed by atoms with Crippen molar-refractivity contribution in [2.45, 2.75) is 32.1 Å². The van der Waals surface area contributed by atoms with Gasteiger partial charge in [0.05, 0.1) is 12.3 Å². The first-order valence-corrected chi connectivity index (χ1v) is 13.4. The molecule has 0 spiro atoms. The highest BCUT2D eigenvalue weighted by molar-refractivity contribution is 5.71. The molecule has 8 heteroatoms. The maximum Gasteiger partial charge on any atom is 0.415 e. The van der Waals surface area contributed by atoms with Crippen molar-refractivity contribution in [3.8, 4) is 23.0 Å². The summed E-state index contributed by atoms with van der Waals surface area (Å²) in [6.07, 6.45) is 0.750. The molecular weight excluding hydrogens is 508 g/mol. The third-order valence-electron chi connectivity index (χ3n) is 7.21. The van der Waals surface area contributed by atoms with Crippen molar-refractivity contribution >= 4 is 12.1 Å². The van der Waals surface area contributed by atoms with Crippen molar-refractivity contribution in [1.82, 2.24) is 9.88 Å². The van der Waals surface area contributed by atoms with Gasteiger partial charge in [-0.2, -0.15) is 0 Å². The Kier molecular flexibility index (Phi) is 8.44. The Labute approximate surface area is 233 Å². The van der Waals surface area contributed by atoms with Gasteiger partial charge in [-0.25, -0.2) is 9.78 Å². The number of amides is 1. The topological polar surface area (TPSA) is 102 Å². The van der Waals surface area contributed by atoms with Crippen molar-refractivity contribution in [2.75, 3.05) is 19.7 Å². The summed E-state index contributed by atoms with van der Waals surface area (Å²) < 4.78 is 17.5. The van der Waals surface area contributed by atoms with Crippen LogP contribution in [0.1, 0.15) is 35.8 Å². The van der Waals surface area contributed by atoms with E-state index in [9.17, 15) is 14.7 Å². The minimum Gasteiger partial charge on any atom is -0.493 e. The second kappa shape index (κ2) is 12.5. The van der Waals surface area contributed by atoms with E-state index in [1.165, 1.54) is 0 Å². The molecule has 1 aliphatic heterocycles. The molecular formula is C32H32N2O6. The zero-order valence-corrected chi connectivity index (χ0v) is 22.4. The van der Waals surface area contributed by atoms with Crippen LogP contribution < -0.4 is 9.47 Å². The first-order valence-electron chi connectivity index (χ1n) is 13.4. The lowest BCUT2D eigenvalue weighted by Gasteiger charge is -2.37. The molecule has 1 aliphatic rings. The number of ether oxygens (including phenoxy) is 2. The highest BCUT2D eigenvalue weighted by atomic mass is 16.6. The minimum absolute atomic E-state index is 0.0342. The van der Waals surface area contributed by atoms with Gasteiger partial charge in [0.25, 0.3) is 0 Å². The molecule has 2 atom stereocenters. The largest absolute Gasteiger partial charge is 0.493 e. The van der Waals surface area contributed by atoms with Crippen LogP contribution in [0, 0.1) is 12.8 Å². The first kappa shape index (κ1) is 27.0. The lowest BCUT2D eigenvalue weighted by Crippen LogP contribution is -2.44. The first-order chi connectivity index (χ1) is 19.5. The van der Waals surface area contributed by atoms with Gasteiger partial charge in [-0.05, 0) is 61.2 Å². The number of oxazole rings is 1. The number of aromatic nitrogens is 1. The second-order valence-electron chi connectivity index (χ2n) is 9.94. The van der Waals surface area contributed by atoms with E-state index >= 15 is 0 Å². The van der Waals surface area contributed by atoms with E-state index in [1.807, 2.05) is 79.7 Å². The number of hydrogen-bond donors (Lipinski definition) is 1. The van der Waals surface area contributed by atoms with Crippen LogP contribution in [0.3, 0.4) is 0 Å². The third kappa shape index (κ3) is 6.69. The average molecular weight is 541 g/mol. The van der Waals surface area contributed by atoms with Gasteiger partial charge in [-0.15, -0.1) is 0 Å². The number of aryl methyl sites for hydroxylation is 1. The molecule has 3 aromatic carbocycles. The molecule has 5 rings (SSSR count). The van der Waals surface area contributed by atoms with Gasteiger partial charge in [-0.3, -0.25) is 4.79 Å². The molecule has 1 unspecified atom stereocenters.